The number of carbonyl (C=O) groups is 1. The molecule has 0 aliphatic heterocycles. The van der Waals surface area contributed by atoms with Gasteiger partial charge in [0.2, 0.25) is 11.8 Å². The van der Waals surface area contributed by atoms with Crippen LogP contribution in [0.5, 0.6) is 11.5 Å². The number of aromatic nitrogens is 2. The minimum atomic E-state index is -0.0343. The number of nitrogens with one attached hydrogen (secondary N) is 1. The third kappa shape index (κ3) is 6.74. The lowest BCUT2D eigenvalue weighted by Gasteiger charge is -2.14. The average molecular weight is 408 g/mol. The van der Waals surface area contributed by atoms with E-state index in [0.717, 1.165) is 18.4 Å². The van der Waals surface area contributed by atoms with Gasteiger partial charge in [0.25, 0.3) is 5.22 Å². The number of nitrogens with zero attached hydrogens (tertiary/aromatic N) is 2. The van der Waals surface area contributed by atoms with Gasteiger partial charge < -0.3 is 19.2 Å². The van der Waals surface area contributed by atoms with Gasteiger partial charge in [-0.2, -0.15) is 0 Å². The fraction of sp³-hybridized carbons (Fsp3) is 0.550. The van der Waals surface area contributed by atoms with Gasteiger partial charge in [0, 0.05) is 11.6 Å². The molecule has 2 rings (SSSR count). The van der Waals surface area contributed by atoms with E-state index in [1.807, 2.05) is 13.0 Å². The van der Waals surface area contributed by atoms with E-state index in [2.05, 4.69) is 29.4 Å². The normalized spacial score (nSPS) is 12.1. The number of benzene rings is 1. The average Bonchev–Trinajstić information content (AvgIpc) is 3.14. The van der Waals surface area contributed by atoms with Crippen LogP contribution in [0.15, 0.2) is 27.8 Å². The maximum absolute atomic E-state index is 12.1. The molecule has 0 unspecified atom stereocenters. The topological polar surface area (TPSA) is 86.5 Å². The molecule has 154 valence electrons. The van der Waals surface area contributed by atoms with E-state index in [1.54, 1.807) is 26.4 Å². The molecule has 8 heteroatoms. The Labute approximate surface area is 170 Å². The first kappa shape index (κ1) is 22.1. The van der Waals surface area contributed by atoms with Crippen LogP contribution in [0.1, 0.15) is 40.0 Å². The van der Waals surface area contributed by atoms with Gasteiger partial charge in [-0.3, -0.25) is 4.79 Å². The maximum atomic E-state index is 12.1. The molecule has 0 aliphatic carbocycles. The van der Waals surface area contributed by atoms with Gasteiger partial charge >= 0.3 is 0 Å². The van der Waals surface area contributed by atoms with Crippen molar-refractivity contribution in [3.8, 4) is 23.0 Å². The van der Waals surface area contributed by atoms with E-state index in [4.69, 9.17) is 13.9 Å². The highest BCUT2D eigenvalue weighted by Gasteiger charge is 2.14. The zero-order valence-corrected chi connectivity index (χ0v) is 18.0. The van der Waals surface area contributed by atoms with Crippen LogP contribution >= 0.6 is 11.8 Å². The van der Waals surface area contributed by atoms with E-state index in [1.165, 1.54) is 18.2 Å². The lowest BCUT2D eigenvalue weighted by molar-refractivity contribution is -0.119. The summed E-state index contributed by atoms with van der Waals surface area (Å²) in [4.78, 5) is 12.1. The molecular formula is C20H29N3O4S. The molecule has 0 radical (unpaired) electrons. The predicted molar refractivity (Wildman–Crippen MR) is 110 cm³/mol. The second-order valence-corrected chi connectivity index (χ2v) is 7.95. The quantitative estimate of drug-likeness (QED) is 0.559. The summed E-state index contributed by atoms with van der Waals surface area (Å²) in [6.07, 6.45) is 3.28. The highest BCUT2D eigenvalue weighted by atomic mass is 32.2. The minimum Gasteiger partial charge on any atom is -0.493 e. The standard InChI is InChI=1S/C20H29N3O4S/c1-13(2)7-6-8-14(3)21-18(24)12-28-20-23-22-19(27-20)15-9-10-16(25-4)17(11-15)26-5/h9-11,13-14H,6-8,12H2,1-5H3,(H,21,24)/t14-/m0/s1. The van der Waals surface area contributed by atoms with Gasteiger partial charge in [0.05, 0.1) is 20.0 Å². The van der Waals surface area contributed by atoms with Crippen LogP contribution in [0.4, 0.5) is 0 Å². The Morgan fingerprint density at radius 3 is 2.57 bits per heavy atom. The van der Waals surface area contributed by atoms with Gasteiger partial charge in [0.15, 0.2) is 11.5 Å². The molecule has 0 bridgehead atoms. The van der Waals surface area contributed by atoms with Crippen LogP contribution in [0.2, 0.25) is 0 Å². The number of amides is 1. The zero-order chi connectivity index (χ0) is 20.5. The second kappa shape index (κ2) is 10.9. The highest BCUT2D eigenvalue weighted by Crippen LogP contribution is 2.32. The van der Waals surface area contributed by atoms with E-state index >= 15 is 0 Å². The second-order valence-electron chi connectivity index (χ2n) is 7.02. The number of thioether (sulfide) groups is 1. The summed E-state index contributed by atoms with van der Waals surface area (Å²) >= 11 is 1.22. The first-order valence-corrected chi connectivity index (χ1v) is 10.4. The molecule has 0 aliphatic rings. The largest absolute Gasteiger partial charge is 0.493 e. The lowest BCUT2D eigenvalue weighted by atomic mass is 10.0. The fourth-order valence-corrected chi connectivity index (χ4v) is 3.28. The summed E-state index contributed by atoms with van der Waals surface area (Å²) < 4.78 is 16.2. The number of hydrogen-bond acceptors (Lipinski definition) is 7. The SMILES string of the molecule is COc1ccc(-c2nnc(SCC(=O)N[C@@H](C)CCCC(C)C)o2)cc1OC. The number of hydrogen-bond donors (Lipinski definition) is 1. The Morgan fingerprint density at radius 1 is 1.14 bits per heavy atom. The molecule has 0 spiro atoms. The van der Waals surface area contributed by atoms with Crippen molar-refractivity contribution in [2.75, 3.05) is 20.0 Å². The van der Waals surface area contributed by atoms with E-state index in [0.29, 0.717) is 28.5 Å². The molecule has 1 aromatic carbocycles. The maximum Gasteiger partial charge on any atom is 0.277 e. The molecular weight excluding hydrogens is 378 g/mol. The fourth-order valence-electron chi connectivity index (χ4n) is 2.70. The Bertz CT molecular complexity index is 764. The molecule has 1 heterocycles. The summed E-state index contributed by atoms with van der Waals surface area (Å²) in [6, 6.07) is 5.53. The summed E-state index contributed by atoms with van der Waals surface area (Å²) in [5, 5.41) is 11.4. The van der Waals surface area contributed by atoms with Crippen LogP contribution in [0.3, 0.4) is 0 Å². The van der Waals surface area contributed by atoms with Gasteiger partial charge in [-0.15, -0.1) is 10.2 Å². The van der Waals surface area contributed by atoms with Crippen LogP contribution < -0.4 is 14.8 Å². The number of carbonyl (C=O) groups excluding carboxylic acids is 1. The molecule has 1 aromatic heterocycles. The molecule has 2 aromatic rings. The third-order valence-electron chi connectivity index (χ3n) is 4.19. The lowest BCUT2D eigenvalue weighted by Crippen LogP contribution is -2.33. The summed E-state index contributed by atoms with van der Waals surface area (Å²) in [5.41, 5.74) is 0.722. The summed E-state index contributed by atoms with van der Waals surface area (Å²) in [7, 11) is 3.15. The Hall–Kier alpha value is -2.22. The van der Waals surface area contributed by atoms with Crippen molar-refractivity contribution in [1.29, 1.82) is 0 Å². The van der Waals surface area contributed by atoms with Crippen LogP contribution in [0, 0.1) is 5.92 Å². The molecule has 1 amide bonds. The summed E-state index contributed by atoms with van der Waals surface area (Å²) in [6.45, 7) is 6.45. The molecule has 1 atom stereocenters. The van der Waals surface area contributed by atoms with Crippen molar-refractivity contribution >= 4 is 17.7 Å². The van der Waals surface area contributed by atoms with Crippen molar-refractivity contribution in [1.82, 2.24) is 15.5 Å². The zero-order valence-electron chi connectivity index (χ0n) is 17.2. The van der Waals surface area contributed by atoms with Gasteiger partial charge in [-0.25, -0.2) is 0 Å². The monoisotopic (exact) mass is 407 g/mol. The van der Waals surface area contributed by atoms with Crippen LogP contribution in [0.25, 0.3) is 11.5 Å². The van der Waals surface area contributed by atoms with E-state index in [-0.39, 0.29) is 17.7 Å². The minimum absolute atomic E-state index is 0.0343. The smallest absolute Gasteiger partial charge is 0.277 e. The molecule has 1 N–H and O–H groups in total. The Balaban J connectivity index is 1.85. The highest BCUT2D eigenvalue weighted by molar-refractivity contribution is 7.99. The Morgan fingerprint density at radius 2 is 1.89 bits per heavy atom. The molecule has 0 saturated carbocycles. The van der Waals surface area contributed by atoms with Gasteiger partial charge in [-0.1, -0.05) is 38.5 Å². The van der Waals surface area contributed by atoms with Crippen LogP contribution in [-0.4, -0.2) is 42.1 Å². The van der Waals surface area contributed by atoms with Crippen molar-refractivity contribution in [2.45, 2.75) is 51.3 Å². The van der Waals surface area contributed by atoms with Gasteiger partial charge in [-0.05, 0) is 37.5 Å². The van der Waals surface area contributed by atoms with Crippen molar-refractivity contribution in [3.05, 3.63) is 18.2 Å². The predicted octanol–water partition coefficient (Wildman–Crippen LogP) is 4.18. The van der Waals surface area contributed by atoms with E-state index in [9.17, 15) is 4.79 Å². The first-order chi connectivity index (χ1) is 13.4. The first-order valence-electron chi connectivity index (χ1n) is 9.41. The molecule has 7 nitrogen and oxygen atoms in total. The Kier molecular flexibility index (Phi) is 8.63. The van der Waals surface area contributed by atoms with E-state index < -0.39 is 0 Å². The molecule has 28 heavy (non-hydrogen) atoms. The number of rotatable bonds is 11. The molecule has 0 fully saturated rings. The number of methoxy groups -OCH3 is 2. The van der Waals surface area contributed by atoms with Crippen molar-refractivity contribution in [2.24, 2.45) is 5.92 Å². The van der Waals surface area contributed by atoms with Crippen LogP contribution in [-0.2, 0) is 4.79 Å². The summed E-state index contributed by atoms with van der Waals surface area (Å²) in [5.74, 6) is 2.47. The van der Waals surface area contributed by atoms with Crippen molar-refractivity contribution in [3.63, 3.8) is 0 Å². The third-order valence-corrected chi connectivity index (χ3v) is 5.01. The van der Waals surface area contributed by atoms with Crippen molar-refractivity contribution < 1.29 is 18.7 Å². The number of ether oxygens (including phenoxy) is 2. The molecule has 0 saturated heterocycles. The van der Waals surface area contributed by atoms with Gasteiger partial charge in [0.1, 0.15) is 0 Å².